The Morgan fingerprint density at radius 1 is 1.05 bits per heavy atom. The van der Waals surface area contributed by atoms with E-state index in [1.807, 2.05) is 52.0 Å². The highest BCUT2D eigenvalue weighted by atomic mass is 35.5. The van der Waals surface area contributed by atoms with Gasteiger partial charge >= 0.3 is 11.9 Å². The van der Waals surface area contributed by atoms with E-state index in [4.69, 9.17) is 25.8 Å². The first-order valence-corrected chi connectivity index (χ1v) is 13.3. The number of ether oxygens (including phenoxy) is 3. The number of hydrogen-bond donors (Lipinski definition) is 0. The topological polar surface area (TPSA) is 78.9 Å². The normalized spacial score (nSPS) is 26.4. The van der Waals surface area contributed by atoms with Gasteiger partial charge in [-0.05, 0) is 88.6 Å². The highest BCUT2D eigenvalue weighted by Gasteiger charge is 2.56. The van der Waals surface area contributed by atoms with E-state index >= 15 is 0 Å². The summed E-state index contributed by atoms with van der Waals surface area (Å²) < 4.78 is 17.6. The van der Waals surface area contributed by atoms with E-state index in [9.17, 15) is 14.4 Å². The van der Waals surface area contributed by atoms with Crippen LogP contribution in [0.3, 0.4) is 0 Å². The summed E-state index contributed by atoms with van der Waals surface area (Å²) in [6.45, 7) is 9.55. The van der Waals surface area contributed by atoms with Crippen LogP contribution < -0.4 is 4.74 Å². The highest BCUT2D eigenvalue weighted by molar-refractivity contribution is 6.30. The average molecular weight is 525 g/mol. The Balaban J connectivity index is 1.38. The minimum absolute atomic E-state index is 0.0718. The van der Waals surface area contributed by atoms with Crippen LogP contribution in [-0.4, -0.2) is 29.4 Å². The fraction of sp³-hybridized carbons (Fsp3) is 0.500. The van der Waals surface area contributed by atoms with E-state index in [0.29, 0.717) is 48.6 Å². The van der Waals surface area contributed by atoms with Gasteiger partial charge in [0, 0.05) is 21.7 Å². The highest BCUT2D eigenvalue weighted by Crippen LogP contribution is 2.50. The van der Waals surface area contributed by atoms with Crippen LogP contribution in [0.25, 0.3) is 11.1 Å². The van der Waals surface area contributed by atoms with Gasteiger partial charge in [-0.2, -0.15) is 0 Å². The van der Waals surface area contributed by atoms with E-state index in [0.717, 1.165) is 22.3 Å². The fourth-order valence-corrected chi connectivity index (χ4v) is 6.16. The molecule has 1 unspecified atom stereocenters. The smallest absolute Gasteiger partial charge is 0.313 e. The molecule has 0 radical (unpaired) electrons. The maximum Gasteiger partial charge on any atom is 0.313 e. The third-order valence-electron chi connectivity index (χ3n) is 8.22. The Labute approximate surface area is 222 Å². The summed E-state index contributed by atoms with van der Waals surface area (Å²) in [5.41, 5.74) is 2.67. The van der Waals surface area contributed by atoms with E-state index < -0.39 is 29.0 Å². The predicted molar refractivity (Wildman–Crippen MR) is 140 cm³/mol. The van der Waals surface area contributed by atoms with E-state index in [-0.39, 0.29) is 17.7 Å². The number of rotatable bonds is 3. The SMILES string of the molecule is C[C@@H]1CC[C@@H](C(=O)OC(C)(C)C)[C@@]1(C)C(=O)OC1CCc2c(ccc3c2OCc2cc(Cl)ccc2-3)C1=O. The lowest BCUT2D eigenvalue weighted by Crippen LogP contribution is -2.46. The third-order valence-corrected chi connectivity index (χ3v) is 8.46. The zero-order valence-electron chi connectivity index (χ0n) is 22.0. The van der Waals surface area contributed by atoms with Crippen molar-refractivity contribution >= 4 is 29.3 Å². The number of benzene rings is 2. The lowest BCUT2D eigenvalue weighted by Gasteiger charge is -2.35. The number of fused-ring (bicyclic) bond motifs is 5. The maximum atomic E-state index is 13.6. The second kappa shape index (κ2) is 9.16. The average Bonchev–Trinajstić information content (AvgIpc) is 3.14. The van der Waals surface area contributed by atoms with Crippen LogP contribution in [0.1, 0.15) is 75.4 Å². The molecule has 2 aromatic carbocycles. The van der Waals surface area contributed by atoms with Crippen LogP contribution in [0.2, 0.25) is 5.02 Å². The molecule has 2 aliphatic carbocycles. The number of halogens is 1. The van der Waals surface area contributed by atoms with Crippen LogP contribution in [0.4, 0.5) is 0 Å². The second-order valence-electron chi connectivity index (χ2n) is 11.7. The van der Waals surface area contributed by atoms with Crippen molar-refractivity contribution in [2.75, 3.05) is 0 Å². The van der Waals surface area contributed by atoms with Gasteiger partial charge in [-0.15, -0.1) is 0 Å². The van der Waals surface area contributed by atoms with Gasteiger partial charge in [-0.25, -0.2) is 0 Å². The van der Waals surface area contributed by atoms with Crippen LogP contribution >= 0.6 is 11.6 Å². The molecule has 6 nitrogen and oxygen atoms in total. The molecule has 7 heteroatoms. The third kappa shape index (κ3) is 4.43. The lowest BCUT2D eigenvalue weighted by molar-refractivity contribution is -0.176. The van der Waals surface area contributed by atoms with Gasteiger partial charge in [-0.1, -0.05) is 30.7 Å². The van der Waals surface area contributed by atoms with E-state index in [2.05, 4.69) is 0 Å². The summed E-state index contributed by atoms with van der Waals surface area (Å²) in [6.07, 6.45) is 1.29. The summed E-state index contributed by atoms with van der Waals surface area (Å²) in [4.78, 5) is 40.0. The maximum absolute atomic E-state index is 13.6. The van der Waals surface area contributed by atoms with Crippen LogP contribution in [0, 0.1) is 17.3 Å². The molecule has 1 saturated carbocycles. The summed E-state index contributed by atoms with van der Waals surface area (Å²) in [6, 6.07) is 9.42. The lowest BCUT2D eigenvalue weighted by atomic mass is 9.74. The van der Waals surface area contributed by atoms with Crippen molar-refractivity contribution in [3.8, 4) is 16.9 Å². The minimum Gasteiger partial charge on any atom is -0.488 e. The molecule has 4 atom stereocenters. The minimum atomic E-state index is -1.05. The van der Waals surface area contributed by atoms with Crippen LogP contribution in [0.15, 0.2) is 30.3 Å². The summed E-state index contributed by atoms with van der Waals surface area (Å²) in [5, 5.41) is 0.655. The first kappa shape index (κ1) is 25.8. The summed E-state index contributed by atoms with van der Waals surface area (Å²) in [7, 11) is 0. The van der Waals surface area contributed by atoms with Crippen LogP contribution in [-0.2, 0) is 32.1 Å². The molecule has 0 saturated heterocycles. The number of carbonyl (C=O) groups is 3. The van der Waals surface area contributed by atoms with Gasteiger partial charge in [-0.3, -0.25) is 14.4 Å². The molecule has 1 heterocycles. The monoisotopic (exact) mass is 524 g/mol. The Hall–Kier alpha value is -2.86. The molecule has 1 aliphatic heterocycles. The molecule has 196 valence electrons. The second-order valence-corrected chi connectivity index (χ2v) is 12.1. The van der Waals surface area contributed by atoms with Crippen molar-refractivity contribution in [3.05, 3.63) is 52.0 Å². The molecule has 37 heavy (non-hydrogen) atoms. The molecule has 5 rings (SSSR count). The first-order valence-electron chi connectivity index (χ1n) is 13.0. The van der Waals surface area contributed by atoms with Crippen molar-refractivity contribution in [3.63, 3.8) is 0 Å². The largest absolute Gasteiger partial charge is 0.488 e. The molecular formula is C30H33ClO6. The number of ketones is 1. The molecule has 0 aromatic heterocycles. The summed E-state index contributed by atoms with van der Waals surface area (Å²) in [5.74, 6) is -1.08. The van der Waals surface area contributed by atoms with E-state index in [1.54, 1.807) is 13.0 Å². The quantitative estimate of drug-likeness (QED) is 0.436. The Kier molecular flexibility index (Phi) is 6.38. The number of hydrogen-bond acceptors (Lipinski definition) is 6. The Morgan fingerprint density at radius 2 is 1.76 bits per heavy atom. The number of Topliss-reactive ketones (excluding diaryl/α,β-unsaturated/α-hetero) is 1. The molecule has 0 amide bonds. The van der Waals surface area contributed by atoms with Gasteiger partial charge in [0.15, 0.2) is 6.10 Å². The first-order chi connectivity index (χ1) is 17.4. The van der Waals surface area contributed by atoms with Crippen molar-refractivity contribution in [1.29, 1.82) is 0 Å². The van der Waals surface area contributed by atoms with Gasteiger partial charge in [0.2, 0.25) is 5.78 Å². The van der Waals surface area contributed by atoms with Gasteiger partial charge in [0.25, 0.3) is 0 Å². The van der Waals surface area contributed by atoms with E-state index in [1.165, 1.54) is 0 Å². The number of carbonyl (C=O) groups excluding carboxylic acids is 3. The zero-order valence-corrected chi connectivity index (χ0v) is 22.7. The van der Waals surface area contributed by atoms with Crippen molar-refractivity contribution in [2.45, 2.75) is 78.6 Å². The van der Waals surface area contributed by atoms with Crippen LogP contribution in [0.5, 0.6) is 5.75 Å². The summed E-state index contributed by atoms with van der Waals surface area (Å²) >= 11 is 6.15. The van der Waals surface area contributed by atoms with Crippen molar-refractivity contribution in [1.82, 2.24) is 0 Å². The van der Waals surface area contributed by atoms with Gasteiger partial charge in [0.05, 0.1) is 11.3 Å². The molecule has 1 fully saturated rings. The Bertz CT molecular complexity index is 1290. The van der Waals surface area contributed by atoms with Crippen molar-refractivity contribution in [2.24, 2.45) is 17.3 Å². The standard InChI is InChI=1S/C30H33ClO6/c1-16-6-12-23(27(33)37-29(2,3)4)30(16,5)28(34)36-24-13-11-22-20(25(24)32)9-10-21-19-8-7-18(31)14-17(19)15-35-26(21)22/h7-10,14,16,23-24H,6,11-13,15H2,1-5H3/t16-,23+,24?,30+/m1/s1. The molecular weight excluding hydrogens is 492 g/mol. The zero-order chi connectivity index (χ0) is 26.7. The molecule has 0 bridgehead atoms. The predicted octanol–water partition coefficient (Wildman–Crippen LogP) is 6.33. The number of esters is 2. The molecule has 0 N–H and O–H groups in total. The fourth-order valence-electron chi connectivity index (χ4n) is 5.97. The van der Waals surface area contributed by atoms with Gasteiger partial charge in [0.1, 0.15) is 18.0 Å². The Morgan fingerprint density at radius 3 is 2.49 bits per heavy atom. The van der Waals surface area contributed by atoms with Gasteiger partial charge < -0.3 is 14.2 Å². The molecule has 3 aliphatic rings. The van der Waals surface area contributed by atoms with Crippen molar-refractivity contribution < 1.29 is 28.6 Å². The molecule has 0 spiro atoms. The molecule has 2 aromatic rings.